The molecule has 0 spiro atoms. The van der Waals surface area contributed by atoms with Crippen molar-refractivity contribution >= 4 is 23.2 Å². The van der Waals surface area contributed by atoms with E-state index in [1.165, 1.54) is 0 Å². The highest BCUT2D eigenvalue weighted by Gasteiger charge is 2.09. The van der Waals surface area contributed by atoms with Crippen molar-refractivity contribution in [3.8, 4) is 0 Å². The average molecular weight is 325 g/mol. The van der Waals surface area contributed by atoms with E-state index in [9.17, 15) is 9.59 Å². The Morgan fingerprint density at radius 3 is 2.21 bits per heavy atom. The Kier molecular flexibility index (Phi) is 6.37. The van der Waals surface area contributed by atoms with Gasteiger partial charge in [-0.1, -0.05) is 30.3 Å². The number of anilines is 2. The Hall–Kier alpha value is -2.82. The lowest BCUT2D eigenvalue weighted by Crippen LogP contribution is -2.29. The van der Waals surface area contributed by atoms with E-state index >= 15 is 0 Å². The van der Waals surface area contributed by atoms with Crippen LogP contribution in [0.15, 0.2) is 54.6 Å². The van der Waals surface area contributed by atoms with Crippen LogP contribution in [0.1, 0.15) is 12.0 Å². The maximum Gasteiger partial charge on any atom is 0.233 e. The number of rotatable bonds is 7. The van der Waals surface area contributed by atoms with Gasteiger partial charge in [-0.05, 0) is 36.2 Å². The predicted octanol–water partition coefficient (Wildman–Crippen LogP) is 2.44. The molecule has 0 saturated heterocycles. The van der Waals surface area contributed by atoms with Gasteiger partial charge in [0.1, 0.15) is 6.42 Å². The molecule has 2 aromatic carbocycles. The zero-order valence-electron chi connectivity index (χ0n) is 14.1. The highest BCUT2D eigenvalue weighted by molar-refractivity contribution is 6.03. The number of hydrogen-bond donors (Lipinski definition) is 2. The predicted molar refractivity (Wildman–Crippen MR) is 97.2 cm³/mol. The largest absolute Gasteiger partial charge is 0.378 e. The van der Waals surface area contributed by atoms with Gasteiger partial charge in [0.2, 0.25) is 11.8 Å². The van der Waals surface area contributed by atoms with Gasteiger partial charge in [0.15, 0.2) is 0 Å². The molecule has 2 amide bonds. The van der Waals surface area contributed by atoms with E-state index < -0.39 is 0 Å². The second-order valence-electron chi connectivity index (χ2n) is 5.75. The van der Waals surface area contributed by atoms with Crippen molar-refractivity contribution < 1.29 is 9.59 Å². The van der Waals surface area contributed by atoms with Crippen molar-refractivity contribution in [2.45, 2.75) is 12.8 Å². The van der Waals surface area contributed by atoms with Gasteiger partial charge in [0.05, 0.1) is 0 Å². The molecule has 2 rings (SSSR count). The lowest BCUT2D eigenvalue weighted by Gasteiger charge is -2.13. The number of hydrogen-bond acceptors (Lipinski definition) is 3. The molecular weight excluding hydrogens is 302 g/mol. The number of amides is 2. The van der Waals surface area contributed by atoms with Gasteiger partial charge in [-0.2, -0.15) is 0 Å². The summed E-state index contributed by atoms with van der Waals surface area (Å²) in [7, 11) is 3.90. The first-order chi connectivity index (χ1) is 11.5. The minimum Gasteiger partial charge on any atom is -0.378 e. The van der Waals surface area contributed by atoms with Crippen LogP contribution in [0.3, 0.4) is 0 Å². The zero-order chi connectivity index (χ0) is 17.4. The first-order valence-electron chi connectivity index (χ1n) is 7.92. The van der Waals surface area contributed by atoms with Gasteiger partial charge < -0.3 is 15.5 Å². The van der Waals surface area contributed by atoms with E-state index in [2.05, 4.69) is 10.6 Å². The fraction of sp³-hybridized carbons (Fsp3) is 0.263. The summed E-state index contributed by atoms with van der Waals surface area (Å²) in [5.74, 6) is -0.585. The summed E-state index contributed by atoms with van der Waals surface area (Å²) in [5.41, 5.74) is 2.89. The summed E-state index contributed by atoms with van der Waals surface area (Å²) < 4.78 is 0. The van der Waals surface area contributed by atoms with Gasteiger partial charge in [-0.15, -0.1) is 0 Å². The molecular formula is C19H23N3O2. The number of nitrogens with one attached hydrogen (secondary N) is 2. The summed E-state index contributed by atoms with van der Waals surface area (Å²) in [6.07, 6.45) is 0.574. The molecule has 126 valence electrons. The molecule has 0 atom stereocenters. The average Bonchev–Trinajstić information content (AvgIpc) is 2.56. The van der Waals surface area contributed by atoms with Crippen LogP contribution >= 0.6 is 0 Å². The van der Waals surface area contributed by atoms with Crippen LogP contribution in [-0.4, -0.2) is 32.5 Å². The third kappa shape index (κ3) is 5.76. The van der Waals surface area contributed by atoms with Gasteiger partial charge in [0.25, 0.3) is 0 Å². The highest BCUT2D eigenvalue weighted by Crippen LogP contribution is 2.15. The molecule has 2 aromatic rings. The van der Waals surface area contributed by atoms with Crippen molar-refractivity contribution in [1.82, 2.24) is 5.32 Å². The van der Waals surface area contributed by atoms with Gasteiger partial charge in [-0.3, -0.25) is 9.59 Å². The summed E-state index contributed by atoms with van der Waals surface area (Å²) >= 11 is 0. The monoisotopic (exact) mass is 325 g/mol. The second-order valence-corrected chi connectivity index (χ2v) is 5.75. The third-order valence-corrected chi connectivity index (χ3v) is 3.57. The molecule has 0 heterocycles. The van der Waals surface area contributed by atoms with Crippen LogP contribution in [0.2, 0.25) is 0 Å². The normalized spacial score (nSPS) is 10.1. The molecule has 0 aromatic heterocycles. The van der Waals surface area contributed by atoms with Crippen LogP contribution in [0.5, 0.6) is 0 Å². The Morgan fingerprint density at radius 1 is 0.917 bits per heavy atom. The molecule has 0 radical (unpaired) electrons. The number of carbonyl (C=O) groups is 2. The van der Waals surface area contributed by atoms with Crippen molar-refractivity contribution in [1.29, 1.82) is 0 Å². The zero-order valence-corrected chi connectivity index (χ0v) is 14.1. The summed E-state index contributed by atoms with van der Waals surface area (Å²) in [6.45, 7) is 0.521. The quantitative estimate of drug-likeness (QED) is 0.769. The number of carbonyl (C=O) groups excluding carboxylic acids is 2. The van der Waals surface area contributed by atoms with Gasteiger partial charge >= 0.3 is 0 Å². The number of benzene rings is 2. The summed E-state index contributed by atoms with van der Waals surface area (Å²) in [4.78, 5) is 25.7. The molecule has 0 aliphatic carbocycles. The maximum atomic E-state index is 11.9. The van der Waals surface area contributed by atoms with Crippen LogP contribution in [0, 0.1) is 0 Å². The smallest absolute Gasteiger partial charge is 0.233 e. The maximum absolute atomic E-state index is 11.9. The summed E-state index contributed by atoms with van der Waals surface area (Å²) in [5, 5.41) is 5.49. The van der Waals surface area contributed by atoms with E-state index in [0.29, 0.717) is 12.2 Å². The fourth-order valence-corrected chi connectivity index (χ4v) is 2.25. The van der Waals surface area contributed by atoms with Crippen LogP contribution in [0.4, 0.5) is 11.4 Å². The molecule has 5 heteroatoms. The Labute approximate surface area is 142 Å². The van der Waals surface area contributed by atoms with Crippen molar-refractivity contribution in [3.05, 3.63) is 60.2 Å². The van der Waals surface area contributed by atoms with E-state index in [0.717, 1.165) is 17.7 Å². The molecule has 0 saturated carbocycles. The van der Waals surface area contributed by atoms with E-state index in [4.69, 9.17) is 0 Å². The van der Waals surface area contributed by atoms with Crippen molar-refractivity contribution in [2.24, 2.45) is 0 Å². The molecule has 2 N–H and O–H groups in total. The highest BCUT2D eigenvalue weighted by atomic mass is 16.2. The second kappa shape index (κ2) is 8.72. The standard InChI is InChI=1S/C19H23N3O2/c1-22(2)17-10-8-16(9-11-17)21-19(24)14-18(23)20-13-12-15-6-4-3-5-7-15/h3-11H,12-14H2,1-2H3,(H,20,23)(H,21,24). The van der Waals surface area contributed by atoms with E-state index in [-0.39, 0.29) is 18.2 Å². The van der Waals surface area contributed by atoms with Gasteiger partial charge in [0, 0.05) is 32.0 Å². The molecule has 24 heavy (non-hydrogen) atoms. The molecule has 0 aliphatic heterocycles. The van der Waals surface area contributed by atoms with Crippen molar-refractivity contribution in [2.75, 3.05) is 30.9 Å². The fourth-order valence-electron chi connectivity index (χ4n) is 2.25. The van der Waals surface area contributed by atoms with Crippen LogP contribution in [0.25, 0.3) is 0 Å². The first kappa shape index (κ1) is 17.5. The number of nitrogens with zero attached hydrogens (tertiary/aromatic N) is 1. The Bertz CT molecular complexity index is 667. The molecule has 5 nitrogen and oxygen atoms in total. The SMILES string of the molecule is CN(C)c1ccc(NC(=O)CC(=O)NCCc2ccccc2)cc1. The molecule has 0 bridgehead atoms. The van der Waals surface area contributed by atoms with E-state index in [1.807, 2.05) is 73.6 Å². The lowest BCUT2D eigenvalue weighted by atomic mass is 10.1. The third-order valence-electron chi connectivity index (χ3n) is 3.57. The topological polar surface area (TPSA) is 61.4 Å². The lowest BCUT2D eigenvalue weighted by molar-refractivity contribution is -0.126. The van der Waals surface area contributed by atoms with E-state index in [1.54, 1.807) is 0 Å². The van der Waals surface area contributed by atoms with Gasteiger partial charge in [-0.25, -0.2) is 0 Å². The van der Waals surface area contributed by atoms with Crippen LogP contribution in [-0.2, 0) is 16.0 Å². The van der Waals surface area contributed by atoms with Crippen molar-refractivity contribution in [3.63, 3.8) is 0 Å². The first-order valence-corrected chi connectivity index (χ1v) is 7.92. The Morgan fingerprint density at radius 2 is 1.58 bits per heavy atom. The minimum atomic E-state index is -0.315. The Balaban J connectivity index is 1.72. The van der Waals surface area contributed by atoms with Crippen LogP contribution < -0.4 is 15.5 Å². The minimum absolute atomic E-state index is 0.176. The molecule has 0 unspecified atom stereocenters. The summed E-state index contributed by atoms with van der Waals surface area (Å²) in [6, 6.07) is 17.4. The molecule has 0 fully saturated rings. The molecule has 0 aliphatic rings.